The Hall–Kier alpha value is -1.40. The number of aromatic nitrogens is 1. The third-order valence-corrected chi connectivity index (χ3v) is 3.82. The van der Waals surface area contributed by atoms with Crippen LogP contribution in [0.1, 0.15) is 25.7 Å². The van der Waals surface area contributed by atoms with Crippen LogP contribution in [0, 0.1) is 10.1 Å². The van der Waals surface area contributed by atoms with Crippen molar-refractivity contribution in [3.8, 4) is 0 Å². The van der Waals surface area contributed by atoms with E-state index in [4.69, 9.17) is 11.6 Å². The number of likely N-dealkylation sites (N-methyl/N-ethyl adjacent to an activating group) is 1. The van der Waals surface area contributed by atoms with E-state index in [1.54, 1.807) is 7.05 Å². The van der Waals surface area contributed by atoms with Gasteiger partial charge < -0.3 is 10.0 Å². The Balaban J connectivity index is 2.23. The molecule has 1 aromatic rings. The van der Waals surface area contributed by atoms with E-state index in [1.165, 1.54) is 12.3 Å². The number of rotatable bonds is 3. The van der Waals surface area contributed by atoms with E-state index in [1.807, 2.05) is 4.90 Å². The number of nitrogens with zero attached hydrogens (tertiary/aromatic N) is 3. The van der Waals surface area contributed by atoms with Crippen LogP contribution in [-0.2, 0) is 0 Å². The average Bonchev–Trinajstić information content (AvgIpc) is 2.38. The van der Waals surface area contributed by atoms with Crippen molar-refractivity contribution in [2.24, 2.45) is 0 Å². The lowest BCUT2D eigenvalue weighted by Crippen LogP contribution is -2.43. The second-order valence-corrected chi connectivity index (χ2v) is 5.19. The normalized spacial score (nSPS) is 23.1. The van der Waals surface area contributed by atoms with Crippen molar-refractivity contribution in [3.05, 3.63) is 27.4 Å². The number of anilines is 1. The van der Waals surface area contributed by atoms with Crippen LogP contribution in [0.2, 0.25) is 5.02 Å². The van der Waals surface area contributed by atoms with E-state index < -0.39 is 11.0 Å². The molecule has 0 saturated heterocycles. The molecule has 6 nitrogen and oxygen atoms in total. The first-order valence-electron chi connectivity index (χ1n) is 6.21. The summed E-state index contributed by atoms with van der Waals surface area (Å²) in [4.78, 5) is 16.0. The van der Waals surface area contributed by atoms with E-state index in [2.05, 4.69) is 4.98 Å². The van der Waals surface area contributed by atoms with E-state index >= 15 is 0 Å². The molecule has 1 fully saturated rings. The molecule has 19 heavy (non-hydrogen) atoms. The second kappa shape index (κ2) is 5.71. The molecule has 1 saturated carbocycles. The largest absolute Gasteiger partial charge is 0.391 e. The maximum absolute atomic E-state index is 10.6. The molecule has 1 aliphatic rings. The molecule has 0 spiro atoms. The monoisotopic (exact) mass is 285 g/mol. The van der Waals surface area contributed by atoms with Crippen LogP contribution < -0.4 is 4.90 Å². The van der Waals surface area contributed by atoms with Crippen LogP contribution in [0.3, 0.4) is 0 Å². The molecule has 2 rings (SSSR count). The lowest BCUT2D eigenvalue weighted by molar-refractivity contribution is -0.385. The summed E-state index contributed by atoms with van der Waals surface area (Å²) in [5.74, 6) is 0.471. The first-order chi connectivity index (χ1) is 9.00. The number of halogens is 1. The molecule has 2 unspecified atom stereocenters. The molecule has 1 aliphatic carbocycles. The number of aliphatic hydroxyl groups is 1. The quantitative estimate of drug-likeness (QED) is 0.681. The summed E-state index contributed by atoms with van der Waals surface area (Å²) in [5.41, 5.74) is -0.133. The molecule has 104 valence electrons. The van der Waals surface area contributed by atoms with Crippen molar-refractivity contribution in [3.63, 3.8) is 0 Å². The molecule has 0 amide bonds. The average molecular weight is 286 g/mol. The van der Waals surface area contributed by atoms with Gasteiger partial charge in [0.15, 0.2) is 0 Å². The summed E-state index contributed by atoms with van der Waals surface area (Å²) >= 11 is 6.05. The van der Waals surface area contributed by atoms with Gasteiger partial charge in [0.25, 0.3) is 5.69 Å². The highest BCUT2D eigenvalue weighted by molar-refractivity contribution is 6.33. The molecule has 1 heterocycles. The number of hydrogen-bond donors (Lipinski definition) is 1. The number of pyridine rings is 1. The predicted octanol–water partition coefficient (Wildman–Crippen LogP) is 2.38. The van der Waals surface area contributed by atoms with Crippen molar-refractivity contribution < 1.29 is 10.0 Å². The van der Waals surface area contributed by atoms with Gasteiger partial charge in [-0.15, -0.1) is 0 Å². The SMILES string of the molecule is CN(c1ncc([N+](=O)[O-])cc1Cl)C1CCCCC1O. The minimum atomic E-state index is -0.530. The Bertz CT molecular complexity index is 483. The fourth-order valence-electron chi connectivity index (χ4n) is 2.48. The second-order valence-electron chi connectivity index (χ2n) is 4.79. The molecular weight excluding hydrogens is 270 g/mol. The summed E-state index contributed by atoms with van der Waals surface area (Å²) in [6.45, 7) is 0. The van der Waals surface area contributed by atoms with E-state index in [0.29, 0.717) is 5.82 Å². The van der Waals surface area contributed by atoms with Crippen LogP contribution in [0.5, 0.6) is 0 Å². The fraction of sp³-hybridized carbons (Fsp3) is 0.583. The minimum Gasteiger partial charge on any atom is -0.391 e. The van der Waals surface area contributed by atoms with Gasteiger partial charge in [-0.05, 0) is 12.8 Å². The van der Waals surface area contributed by atoms with Gasteiger partial charge in [-0.2, -0.15) is 0 Å². The maximum Gasteiger partial charge on any atom is 0.289 e. The van der Waals surface area contributed by atoms with Crippen molar-refractivity contribution in [2.75, 3.05) is 11.9 Å². The van der Waals surface area contributed by atoms with Gasteiger partial charge in [-0.25, -0.2) is 4.98 Å². The van der Waals surface area contributed by atoms with Crippen LogP contribution in [0.15, 0.2) is 12.3 Å². The van der Waals surface area contributed by atoms with Crippen molar-refractivity contribution in [2.45, 2.75) is 37.8 Å². The fourth-order valence-corrected chi connectivity index (χ4v) is 2.77. The highest BCUT2D eigenvalue weighted by Gasteiger charge is 2.28. The standard InChI is InChI=1S/C12H16ClN3O3/c1-15(10-4-2-3-5-11(10)17)12-9(13)6-8(7-14-12)16(18)19/h6-7,10-11,17H,2-5H2,1H3. The molecule has 0 aromatic carbocycles. The third kappa shape index (κ3) is 2.96. The van der Waals surface area contributed by atoms with Crippen LogP contribution in [0.4, 0.5) is 11.5 Å². The molecular formula is C12H16ClN3O3. The maximum atomic E-state index is 10.6. The van der Waals surface area contributed by atoms with Gasteiger partial charge in [0.1, 0.15) is 12.0 Å². The lowest BCUT2D eigenvalue weighted by atomic mass is 9.91. The lowest BCUT2D eigenvalue weighted by Gasteiger charge is -2.36. The van der Waals surface area contributed by atoms with Gasteiger partial charge in [0.05, 0.1) is 22.1 Å². The predicted molar refractivity (Wildman–Crippen MR) is 72.6 cm³/mol. The minimum absolute atomic E-state index is 0.0415. The Labute approximate surface area is 116 Å². The van der Waals surface area contributed by atoms with Crippen LogP contribution in [0.25, 0.3) is 0 Å². The zero-order chi connectivity index (χ0) is 14.0. The summed E-state index contributed by atoms with van der Waals surface area (Å²) in [6, 6.07) is 1.25. The Morgan fingerprint density at radius 2 is 2.21 bits per heavy atom. The summed E-state index contributed by atoms with van der Waals surface area (Å²) in [7, 11) is 1.80. The molecule has 0 bridgehead atoms. The molecule has 7 heteroatoms. The van der Waals surface area contributed by atoms with E-state index in [9.17, 15) is 15.2 Å². The van der Waals surface area contributed by atoms with Gasteiger partial charge in [0, 0.05) is 13.1 Å². The Morgan fingerprint density at radius 1 is 1.53 bits per heavy atom. The first-order valence-corrected chi connectivity index (χ1v) is 6.59. The number of aliphatic hydroxyl groups excluding tert-OH is 1. The molecule has 1 N–H and O–H groups in total. The Morgan fingerprint density at radius 3 is 2.79 bits per heavy atom. The summed E-state index contributed by atoms with van der Waals surface area (Å²) in [6.07, 6.45) is 4.48. The zero-order valence-electron chi connectivity index (χ0n) is 10.6. The first kappa shape index (κ1) is 14.0. The van der Waals surface area contributed by atoms with Crippen molar-refractivity contribution >= 4 is 23.1 Å². The summed E-state index contributed by atoms with van der Waals surface area (Å²) < 4.78 is 0. The molecule has 2 atom stereocenters. The number of hydrogen-bond acceptors (Lipinski definition) is 5. The topological polar surface area (TPSA) is 79.5 Å². The van der Waals surface area contributed by atoms with Gasteiger partial charge in [0.2, 0.25) is 0 Å². The third-order valence-electron chi connectivity index (χ3n) is 3.54. The molecule has 1 aromatic heterocycles. The van der Waals surface area contributed by atoms with E-state index in [-0.39, 0.29) is 16.8 Å². The van der Waals surface area contributed by atoms with Crippen LogP contribution >= 0.6 is 11.6 Å². The Kier molecular flexibility index (Phi) is 4.21. The molecule has 0 aliphatic heterocycles. The highest BCUT2D eigenvalue weighted by Crippen LogP contribution is 2.31. The van der Waals surface area contributed by atoms with Gasteiger partial charge in [-0.1, -0.05) is 24.4 Å². The smallest absolute Gasteiger partial charge is 0.289 e. The van der Waals surface area contributed by atoms with Crippen molar-refractivity contribution in [1.82, 2.24) is 4.98 Å². The van der Waals surface area contributed by atoms with Crippen molar-refractivity contribution in [1.29, 1.82) is 0 Å². The molecule has 0 radical (unpaired) electrons. The highest BCUT2D eigenvalue weighted by atomic mass is 35.5. The van der Waals surface area contributed by atoms with E-state index in [0.717, 1.165) is 25.7 Å². The number of nitro groups is 1. The van der Waals surface area contributed by atoms with Crippen LogP contribution in [-0.4, -0.2) is 34.2 Å². The van der Waals surface area contributed by atoms with Gasteiger partial charge >= 0.3 is 0 Å². The zero-order valence-corrected chi connectivity index (χ0v) is 11.4. The van der Waals surface area contributed by atoms with Gasteiger partial charge in [-0.3, -0.25) is 10.1 Å². The summed E-state index contributed by atoms with van der Waals surface area (Å²) in [5, 5.41) is 20.9.